The number of anilines is 1. The van der Waals surface area contributed by atoms with Gasteiger partial charge in [0.15, 0.2) is 0 Å². The zero-order chi connectivity index (χ0) is 11.3. The average molecular weight is 212 g/mol. The molecule has 82 valence electrons. The monoisotopic (exact) mass is 212 g/mol. The third kappa shape index (κ3) is 3.55. The molecule has 0 saturated carbocycles. The van der Waals surface area contributed by atoms with E-state index in [-0.39, 0.29) is 18.3 Å². The van der Waals surface area contributed by atoms with Crippen LogP contribution in [0.3, 0.4) is 0 Å². The number of carbonyl (C=O) groups excluding carboxylic acids is 1. The maximum atomic E-state index is 13.1. The van der Waals surface area contributed by atoms with Crippen molar-refractivity contribution in [3.8, 4) is 0 Å². The lowest BCUT2D eigenvalue weighted by atomic mass is 10.3. The van der Waals surface area contributed by atoms with Crippen LogP contribution in [0.15, 0.2) is 24.3 Å². The second-order valence-electron chi connectivity index (χ2n) is 3.16. The van der Waals surface area contributed by atoms with E-state index >= 15 is 0 Å². The highest BCUT2D eigenvalue weighted by atomic mass is 19.1. The average Bonchev–Trinajstić information content (AvgIpc) is 2.21. The van der Waals surface area contributed by atoms with Gasteiger partial charge < -0.3 is 15.7 Å². The van der Waals surface area contributed by atoms with Crippen LogP contribution in [0.2, 0.25) is 0 Å². The number of carbonyl (C=O) groups is 1. The van der Waals surface area contributed by atoms with Crippen LogP contribution in [-0.2, 0) is 0 Å². The predicted molar refractivity (Wildman–Crippen MR) is 55.1 cm³/mol. The molecule has 1 aromatic rings. The fourth-order valence-electron chi connectivity index (χ4n) is 0.990. The lowest BCUT2D eigenvalue weighted by Crippen LogP contribution is -2.38. The van der Waals surface area contributed by atoms with E-state index in [9.17, 15) is 9.18 Å². The molecule has 2 amide bonds. The van der Waals surface area contributed by atoms with Gasteiger partial charge in [0.2, 0.25) is 0 Å². The van der Waals surface area contributed by atoms with Crippen LogP contribution in [0, 0.1) is 5.82 Å². The smallest absolute Gasteiger partial charge is 0.319 e. The van der Waals surface area contributed by atoms with Gasteiger partial charge in [0.1, 0.15) is 5.82 Å². The van der Waals surface area contributed by atoms with Gasteiger partial charge in [-0.3, -0.25) is 0 Å². The van der Waals surface area contributed by atoms with Gasteiger partial charge in [-0.2, -0.15) is 0 Å². The standard InChI is InChI=1S/C10H13FN2O2/c1-7(6-14)12-10(15)13-9-5-3-2-4-8(9)11/h2-5,7,14H,6H2,1H3,(H2,12,13,15)/t7-/m1/s1. The molecule has 1 aromatic carbocycles. The van der Waals surface area contributed by atoms with Crippen LogP contribution < -0.4 is 10.6 Å². The van der Waals surface area contributed by atoms with Crippen molar-refractivity contribution >= 4 is 11.7 Å². The quantitative estimate of drug-likeness (QED) is 0.707. The second-order valence-corrected chi connectivity index (χ2v) is 3.16. The molecule has 0 bridgehead atoms. The Hall–Kier alpha value is -1.62. The topological polar surface area (TPSA) is 61.4 Å². The van der Waals surface area contributed by atoms with E-state index in [2.05, 4.69) is 10.6 Å². The first-order valence-corrected chi connectivity index (χ1v) is 4.56. The Morgan fingerprint density at radius 1 is 1.53 bits per heavy atom. The van der Waals surface area contributed by atoms with E-state index in [1.807, 2.05) is 0 Å². The van der Waals surface area contributed by atoms with Crippen molar-refractivity contribution in [1.82, 2.24) is 5.32 Å². The summed E-state index contributed by atoms with van der Waals surface area (Å²) in [5, 5.41) is 13.5. The summed E-state index contributed by atoms with van der Waals surface area (Å²) in [6.45, 7) is 1.48. The molecule has 1 atom stereocenters. The van der Waals surface area contributed by atoms with Crippen molar-refractivity contribution in [2.75, 3.05) is 11.9 Å². The fourth-order valence-corrected chi connectivity index (χ4v) is 0.990. The lowest BCUT2D eigenvalue weighted by molar-refractivity contribution is 0.229. The molecule has 15 heavy (non-hydrogen) atoms. The van der Waals surface area contributed by atoms with E-state index in [1.165, 1.54) is 18.2 Å². The molecule has 0 aliphatic carbocycles. The van der Waals surface area contributed by atoms with Crippen molar-refractivity contribution in [2.45, 2.75) is 13.0 Å². The minimum absolute atomic E-state index is 0.111. The fraction of sp³-hybridized carbons (Fsp3) is 0.300. The van der Waals surface area contributed by atoms with Gasteiger partial charge in [-0.1, -0.05) is 12.1 Å². The molecule has 0 unspecified atom stereocenters. The number of urea groups is 1. The molecule has 0 aromatic heterocycles. The normalized spacial score (nSPS) is 11.9. The zero-order valence-corrected chi connectivity index (χ0v) is 8.33. The highest BCUT2D eigenvalue weighted by molar-refractivity contribution is 5.89. The van der Waals surface area contributed by atoms with E-state index in [0.717, 1.165) is 0 Å². The summed E-state index contributed by atoms with van der Waals surface area (Å²) in [7, 11) is 0. The van der Waals surface area contributed by atoms with Crippen LogP contribution in [-0.4, -0.2) is 23.8 Å². The van der Waals surface area contributed by atoms with Crippen molar-refractivity contribution in [1.29, 1.82) is 0 Å². The van der Waals surface area contributed by atoms with Gasteiger partial charge in [0.05, 0.1) is 18.3 Å². The third-order valence-electron chi connectivity index (χ3n) is 1.77. The highest BCUT2D eigenvalue weighted by Gasteiger charge is 2.07. The van der Waals surface area contributed by atoms with Gasteiger partial charge in [0.25, 0.3) is 0 Å². The number of hydrogen-bond acceptors (Lipinski definition) is 2. The van der Waals surface area contributed by atoms with Crippen molar-refractivity contribution < 1.29 is 14.3 Å². The Kier molecular flexibility index (Phi) is 4.05. The number of aliphatic hydroxyl groups excluding tert-OH is 1. The van der Waals surface area contributed by atoms with Crippen LogP contribution in [0.1, 0.15) is 6.92 Å². The van der Waals surface area contributed by atoms with Crippen LogP contribution in [0.4, 0.5) is 14.9 Å². The number of benzene rings is 1. The Bertz CT molecular complexity index is 344. The van der Waals surface area contributed by atoms with E-state index in [4.69, 9.17) is 5.11 Å². The minimum atomic E-state index is -0.540. The summed E-state index contributed by atoms with van der Waals surface area (Å²) in [5.41, 5.74) is 0.111. The molecular weight excluding hydrogens is 199 g/mol. The van der Waals surface area contributed by atoms with E-state index < -0.39 is 11.8 Å². The molecule has 1 rings (SSSR count). The van der Waals surface area contributed by atoms with Crippen molar-refractivity contribution in [2.24, 2.45) is 0 Å². The van der Waals surface area contributed by atoms with Crippen molar-refractivity contribution in [3.63, 3.8) is 0 Å². The van der Waals surface area contributed by atoms with Crippen molar-refractivity contribution in [3.05, 3.63) is 30.1 Å². The summed E-state index contributed by atoms with van der Waals surface area (Å²) in [5.74, 6) is -0.496. The lowest BCUT2D eigenvalue weighted by Gasteiger charge is -2.12. The number of hydrogen-bond donors (Lipinski definition) is 3. The van der Waals surface area contributed by atoms with Gasteiger partial charge in [-0.25, -0.2) is 9.18 Å². The maximum Gasteiger partial charge on any atom is 0.319 e. The Balaban J connectivity index is 2.55. The molecule has 5 heteroatoms. The predicted octanol–water partition coefficient (Wildman–Crippen LogP) is 1.33. The Morgan fingerprint density at radius 3 is 2.80 bits per heavy atom. The summed E-state index contributed by atoms with van der Waals surface area (Å²) < 4.78 is 13.1. The molecular formula is C10H13FN2O2. The molecule has 0 spiro atoms. The Morgan fingerprint density at radius 2 is 2.20 bits per heavy atom. The molecule has 0 heterocycles. The SMILES string of the molecule is C[C@H](CO)NC(=O)Nc1ccccc1F. The number of nitrogens with one attached hydrogen (secondary N) is 2. The van der Waals surface area contributed by atoms with E-state index in [1.54, 1.807) is 13.0 Å². The van der Waals surface area contributed by atoms with Gasteiger partial charge >= 0.3 is 6.03 Å². The molecule has 4 nitrogen and oxygen atoms in total. The number of amides is 2. The van der Waals surface area contributed by atoms with Crippen LogP contribution in [0.25, 0.3) is 0 Å². The van der Waals surface area contributed by atoms with Crippen LogP contribution >= 0.6 is 0 Å². The molecule has 0 aliphatic heterocycles. The van der Waals surface area contributed by atoms with Gasteiger partial charge in [-0.05, 0) is 19.1 Å². The number of rotatable bonds is 3. The first-order valence-electron chi connectivity index (χ1n) is 4.56. The van der Waals surface area contributed by atoms with E-state index in [0.29, 0.717) is 0 Å². The molecule has 0 fully saturated rings. The zero-order valence-electron chi connectivity index (χ0n) is 8.33. The molecule has 3 N–H and O–H groups in total. The summed E-state index contributed by atoms with van der Waals surface area (Å²) in [6.07, 6.45) is 0. The summed E-state index contributed by atoms with van der Waals surface area (Å²) in [6, 6.07) is 4.96. The first kappa shape index (κ1) is 11.5. The maximum absolute atomic E-state index is 13.1. The highest BCUT2D eigenvalue weighted by Crippen LogP contribution is 2.11. The third-order valence-corrected chi connectivity index (χ3v) is 1.77. The van der Waals surface area contributed by atoms with Crippen LogP contribution in [0.5, 0.6) is 0 Å². The molecule has 0 aliphatic rings. The summed E-state index contributed by atoms with van der Waals surface area (Å²) in [4.78, 5) is 11.2. The van der Waals surface area contributed by atoms with Gasteiger partial charge in [0, 0.05) is 0 Å². The molecule has 0 saturated heterocycles. The molecule has 0 radical (unpaired) electrons. The largest absolute Gasteiger partial charge is 0.394 e. The Labute approximate surface area is 87.1 Å². The van der Waals surface area contributed by atoms with Gasteiger partial charge in [-0.15, -0.1) is 0 Å². The second kappa shape index (κ2) is 5.31. The number of para-hydroxylation sites is 1. The first-order chi connectivity index (χ1) is 7.13. The number of halogens is 1. The minimum Gasteiger partial charge on any atom is -0.394 e. The number of aliphatic hydroxyl groups is 1. The summed E-state index contributed by atoms with van der Waals surface area (Å²) >= 11 is 0.